The lowest BCUT2D eigenvalue weighted by Gasteiger charge is -2.40. The van der Waals surface area contributed by atoms with Gasteiger partial charge in [-0.1, -0.05) is 37.3 Å². The Labute approximate surface area is 201 Å². The monoisotopic (exact) mass is 470 g/mol. The van der Waals surface area contributed by atoms with Gasteiger partial charge in [0, 0.05) is 17.7 Å². The van der Waals surface area contributed by atoms with E-state index in [-0.39, 0.29) is 18.7 Å². The Hall–Kier alpha value is -3.42. The highest BCUT2D eigenvalue weighted by Gasteiger charge is 2.38. The number of anilines is 1. The Morgan fingerprint density at radius 1 is 1.03 bits per heavy atom. The highest BCUT2D eigenvalue weighted by molar-refractivity contribution is 5.91. The van der Waals surface area contributed by atoms with Gasteiger partial charge in [0.2, 0.25) is 0 Å². The van der Waals surface area contributed by atoms with Gasteiger partial charge in [-0.05, 0) is 44.2 Å². The average molecular weight is 471 g/mol. The van der Waals surface area contributed by atoms with E-state index in [0.29, 0.717) is 36.6 Å². The van der Waals surface area contributed by atoms with Crippen LogP contribution >= 0.6 is 0 Å². The Morgan fingerprint density at radius 3 is 2.38 bits per heavy atom. The first-order valence-electron chi connectivity index (χ1n) is 11.7. The molecule has 0 radical (unpaired) electrons. The molecule has 0 fully saturated rings. The second-order valence-electron chi connectivity index (χ2n) is 8.05. The minimum atomic E-state index is -0.488. The van der Waals surface area contributed by atoms with Gasteiger partial charge in [0.15, 0.2) is 11.5 Å². The Bertz CT molecular complexity index is 965. The fraction of sp³-hybridized carbons (Fsp3) is 0.462. The maximum atomic E-state index is 12.8. The molecule has 8 nitrogen and oxygen atoms in total. The molecule has 0 aromatic heterocycles. The summed E-state index contributed by atoms with van der Waals surface area (Å²) in [6.45, 7) is 4.36. The molecule has 2 atom stereocenters. The molecule has 2 aromatic carbocycles. The Morgan fingerprint density at radius 2 is 1.74 bits per heavy atom. The Balaban J connectivity index is 1.77. The lowest BCUT2D eigenvalue weighted by Crippen LogP contribution is -2.47. The molecule has 8 heteroatoms. The number of alkyl carbamates (subject to hydrolysis) is 1. The molecule has 1 aliphatic heterocycles. The number of nitrogens with one attached hydrogen (secondary N) is 1. The van der Waals surface area contributed by atoms with Crippen LogP contribution in [0, 0.1) is 0 Å². The standard InChI is InChI=1S/C26H34N2O6/c1-5-19-15-21(27-25(29)34-14-10-13-18-11-8-7-9-12-18)20-16-23(31-3)24(32-4)17-22(20)28(19)26(30)33-6-2/h7-9,11-12,16-17,19,21H,5-6,10,13-15H2,1-4H3,(H,27,29)/t19-,21-/m0/s1. The van der Waals surface area contributed by atoms with Crippen LogP contribution in [0.1, 0.15) is 50.3 Å². The summed E-state index contributed by atoms with van der Waals surface area (Å²) in [5, 5.41) is 2.98. The second kappa shape index (κ2) is 12.2. The summed E-state index contributed by atoms with van der Waals surface area (Å²) in [7, 11) is 3.09. The van der Waals surface area contributed by atoms with Gasteiger partial charge in [-0.3, -0.25) is 4.90 Å². The van der Waals surface area contributed by atoms with E-state index in [2.05, 4.69) is 17.4 Å². The number of benzene rings is 2. The average Bonchev–Trinajstić information content (AvgIpc) is 2.86. The maximum absolute atomic E-state index is 12.8. The molecule has 0 aliphatic carbocycles. The van der Waals surface area contributed by atoms with E-state index < -0.39 is 12.2 Å². The molecule has 0 unspecified atom stereocenters. The van der Waals surface area contributed by atoms with E-state index in [1.165, 1.54) is 5.56 Å². The lowest BCUT2D eigenvalue weighted by atomic mass is 9.89. The van der Waals surface area contributed by atoms with Crippen LogP contribution in [0.5, 0.6) is 11.5 Å². The smallest absolute Gasteiger partial charge is 0.414 e. The highest BCUT2D eigenvalue weighted by atomic mass is 16.6. The predicted octanol–water partition coefficient (Wildman–Crippen LogP) is 5.25. The van der Waals surface area contributed by atoms with Gasteiger partial charge in [0.25, 0.3) is 0 Å². The fourth-order valence-electron chi connectivity index (χ4n) is 4.27. The summed E-state index contributed by atoms with van der Waals surface area (Å²) in [6.07, 6.45) is 1.87. The zero-order valence-electron chi connectivity index (χ0n) is 20.3. The summed E-state index contributed by atoms with van der Waals surface area (Å²) < 4.78 is 21.7. The molecule has 184 valence electrons. The first kappa shape index (κ1) is 25.2. The number of ether oxygens (including phenoxy) is 4. The van der Waals surface area contributed by atoms with Crippen molar-refractivity contribution in [3.05, 3.63) is 53.6 Å². The molecule has 1 aliphatic rings. The van der Waals surface area contributed by atoms with E-state index in [0.717, 1.165) is 18.4 Å². The number of nitrogens with zero attached hydrogens (tertiary/aromatic N) is 1. The number of carbonyl (C=O) groups is 2. The summed E-state index contributed by atoms with van der Waals surface area (Å²) in [4.78, 5) is 27.1. The minimum absolute atomic E-state index is 0.159. The van der Waals surface area contributed by atoms with Gasteiger partial charge in [-0.25, -0.2) is 9.59 Å². The van der Waals surface area contributed by atoms with Crippen LogP contribution in [-0.4, -0.2) is 45.7 Å². The Kier molecular flexibility index (Phi) is 9.01. The van der Waals surface area contributed by atoms with Crippen molar-refractivity contribution in [1.82, 2.24) is 5.32 Å². The molecular formula is C26H34N2O6. The van der Waals surface area contributed by atoms with Gasteiger partial charge in [-0.2, -0.15) is 0 Å². The van der Waals surface area contributed by atoms with Crippen LogP contribution in [0.25, 0.3) is 0 Å². The van der Waals surface area contributed by atoms with Crippen molar-refractivity contribution < 1.29 is 28.5 Å². The van der Waals surface area contributed by atoms with Crippen molar-refractivity contribution >= 4 is 17.9 Å². The molecule has 3 rings (SSSR count). The first-order valence-corrected chi connectivity index (χ1v) is 11.7. The van der Waals surface area contributed by atoms with E-state index in [9.17, 15) is 9.59 Å². The quantitative estimate of drug-likeness (QED) is 0.504. The summed E-state index contributed by atoms with van der Waals surface area (Å²) in [5.74, 6) is 1.01. The van der Waals surface area contributed by atoms with Crippen molar-refractivity contribution in [2.45, 2.75) is 51.6 Å². The molecule has 1 N–H and O–H groups in total. The topological polar surface area (TPSA) is 86.3 Å². The number of methoxy groups -OCH3 is 2. The number of rotatable bonds is 9. The number of hydrogen-bond donors (Lipinski definition) is 1. The van der Waals surface area contributed by atoms with E-state index in [1.807, 2.05) is 25.1 Å². The third-order valence-corrected chi connectivity index (χ3v) is 5.95. The van der Waals surface area contributed by atoms with Crippen LogP contribution in [0.15, 0.2) is 42.5 Å². The second-order valence-corrected chi connectivity index (χ2v) is 8.05. The van der Waals surface area contributed by atoms with Gasteiger partial charge < -0.3 is 24.3 Å². The van der Waals surface area contributed by atoms with Crippen LogP contribution in [0.4, 0.5) is 15.3 Å². The first-order chi connectivity index (χ1) is 16.5. The molecule has 0 saturated heterocycles. The van der Waals surface area contributed by atoms with E-state index >= 15 is 0 Å². The SMILES string of the molecule is CCOC(=O)N1c2cc(OC)c(OC)cc2[C@@H](NC(=O)OCCCc2ccccc2)C[C@@H]1CC. The van der Waals surface area contributed by atoms with Crippen molar-refractivity contribution in [2.75, 3.05) is 32.3 Å². The summed E-state index contributed by atoms with van der Waals surface area (Å²) in [5.41, 5.74) is 2.58. The van der Waals surface area contributed by atoms with Crippen LogP contribution < -0.4 is 19.7 Å². The van der Waals surface area contributed by atoms with Crippen LogP contribution in [0.2, 0.25) is 0 Å². The number of hydrogen-bond acceptors (Lipinski definition) is 6. The van der Waals surface area contributed by atoms with Gasteiger partial charge >= 0.3 is 12.2 Å². The number of aryl methyl sites for hydroxylation is 1. The molecule has 0 saturated carbocycles. The predicted molar refractivity (Wildman–Crippen MR) is 130 cm³/mol. The van der Waals surface area contributed by atoms with Crippen molar-refractivity contribution in [1.29, 1.82) is 0 Å². The van der Waals surface area contributed by atoms with Crippen LogP contribution in [-0.2, 0) is 15.9 Å². The minimum Gasteiger partial charge on any atom is -0.493 e. The van der Waals surface area contributed by atoms with Gasteiger partial charge in [-0.15, -0.1) is 0 Å². The molecule has 2 aromatic rings. The third-order valence-electron chi connectivity index (χ3n) is 5.95. The largest absolute Gasteiger partial charge is 0.493 e. The number of carbonyl (C=O) groups excluding carboxylic acids is 2. The maximum Gasteiger partial charge on any atom is 0.414 e. The van der Waals surface area contributed by atoms with Crippen molar-refractivity contribution in [3.8, 4) is 11.5 Å². The normalized spacial score (nSPS) is 16.9. The fourth-order valence-corrected chi connectivity index (χ4v) is 4.27. The van der Waals surface area contributed by atoms with Crippen molar-refractivity contribution in [2.24, 2.45) is 0 Å². The number of amides is 2. The highest BCUT2D eigenvalue weighted by Crippen LogP contribution is 2.44. The summed E-state index contributed by atoms with van der Waals surface area (Å²) >= 11 is 0. The molecule has 2 amide bonds. The molecule has 34 heavy (non-hydrogen) atoms. The molecule has 0 bridgehead atoms. The zero-order chi connectivity index (χ0) is 24.5. The van der Waals surface area contributed by atoms with Crippen molar-refractivity contribution in [3.63, 3.8) is 0 Å². The number of fused-ring (bicyclic) bond motifs is 1. The molecule has 0 spiro atoms. The zero-order valence-corrected chi connectivity index (χ0v) is 20.3. The molecule has 1 heterocycles. The molecular weight excluding hydrogens is 436 g/mol. The van der Waals surface area contributed by atoms with E-state index in [1.54, 1.807) is 38.2 Å². The van der Waals surface area contributed by atoms with Crippen LogP contribution in [0.3, 0.4) is 0 Å². The van der Waals surface area contributed by atoms with Gasteiger partial charge in [0.05, 0.1) is 39.2 Å². The lowest BCUT2D eigenvalue weighted by molar-refractivity contribution is 0.138. The van der Waals surface area contributed by atoms with E-state index in [4.69, 9.17) is 18.9 Å². The van der Waals surface area contributed by atoms with Gasteiger partial charge in [0.1, 0.15) is 0 Å². The summed E-state index contributed by atoms with van der Waals surface area (Å²) in [6, 6.07) is 13.1. The third kappa shape index (κ3) is 5.92.